The lowest BCUT2D eigenvalue weighted by atomic mass is 9.93. The molecule has 0 aliphatic carbocycles. The van der Waals surface area contributed by atoms with Crippen LogP contribution in [-0.2, 0) is 6.54 Å². The average Bonchev–Trinajstić information content (AvgIpc) is 2.91. The highest BCUT2D eigenvalue weighted by atomic mass is 79.9. The topological polar surface area (TPSA) is 94.0 Å². The highest BCUT2D eigenvalue weighted by Crippen LogP contribution is 2.23. The third-order valence-corrected chi connectivity index (χ3v) is 7.26. The Morgan fingerprint density at radius 1 is 1.05 bits per heavy atom. The summed E-state index contributed by atoms with van der Waals surface area (Å²) in [5, 5.41) is 16.1. The van der Waals surface area contributed by atoms with Gasteiger partial charge in [-0.15, -0.1) is 0 Å². The van der Waals surface area contributed by atoms with Gasteiger partial charge in [0.15, 0.2) is 0 Å². The molecule has 0 unspecified atom stereocenters. The van der Waals surface area contributed by atoms with Gasteiger partial charge in [0.2, 0.25) is 0 Å². The molecular weight excluding hydrogens is 544 g/mol. The van der Waals surface area contributed by atoms with E-state index in [1.54, 1.807) is 24.4 Å². The number of aliphatic hydroxyl groups excluding tert-OH is 1. The lowest BCUT2D eigenvalue weighted by Crippen LogP contribution is -2.33. The van der Waals surface area contributed by atoms with Gasteiger partial charge in [-0.3, -0.25) is 14.5 Å². The maximum absolute atomic E-state index is 13.0. The number of aryl methyl sites for hydroxylation is 1. The van der Waals surface area contributed by atoms with E-state index in [9.17, 15) is 9.59 Å². The summed E-state index contributed by atoms with van der Waals surface area (Å²) in [4.78, 5) is 28.3. The van der Waals surface area contributed by atoms with E-state index in [4.69, 9.17) is 5.11 Å². The van der Waals surface area contributed by atoms with Crippen LogP contribution in [0.25, 0.3) is 0 Å². The number of amides is 2. The number of benzene rings is 3. The number of halogens is 1. The summed E-state index contributed by atoms with van der Waals surface area (Å²) >= 11 is 3.40. The summed E-state index contributed by atoms with van der Waals surface area (Å²) in [6.45, 7) is 5.15. The lowest BCUT2D eigenvalue weighted by molar-refractivity contribution is 0.0956. The van der Waals surface area contributed by atoms with Crippen molar-refractivity contribution < 1.29 is 14.7 Å². The predicted octanol–water partition coefficient (Wildman–Crippen LogP) is 5.37. The van der Waals surface area contributed by atoms with Crippen LogP contribution in [-0.4, -0.2) is 47.7 Å². The van der Waals surface area contributed by atoms with E-state index in [-0.39, 0.29) is 12.5 Å². The number of carbonyl (C=O) groups is 2. The highest BCUT2D eigenvalue weighted by Gasteiger charge is 2.19. The van der Waals surface area contributed by atoms with E-state index >= 15 is 0 Å². The van der Waals surface area contributed by atoms with Crippen molar-refractivity contribution in [3.8, 4) is 0 Å². The number of nitrogens with one attached hydrogen (secondary N) is 2. The summed E-state index contributed by atoms with van der Waals surface area (Å²) in [5.74, 6) is -0.0996. The molecule has 3 aromatic carbocycles. The fourth-order valence-corrected chi connectivity index (χ4v) is 4.98. The van der Waals surface area contributed by atoms with E-state index in [0.29, 0.717) is 27.2 Å². The van der Waals surface area contributed by atoms with Crippen molar-refractivity contribution in [2.24, 2.45) is 11.0 Å². The number of hydrogen-bond donors (Lipinski definition) is 3. The van der Waals surface area contributed by atoms with Crippen molar-refractivity contribution in [3.63, 3.8) is 0 Å². The molecule has 198 valence electrons. The number of anilines is 1. The molecule has 1 aliphatic rings. The standard InChI is InChI=1S/C30H33BrN4O3/c1-21-3-2-4-24(17-21)19-32-34-30(38)27-18-26(31)9-10-28(27)33-29(37)25-7-5-23(6-8-25)20-35-14-11-22(12-15-35)13-16-36/h2-10,17-19,22,36H,11-16,20H2,1H3,(H,33,37)(H,34,38). The van der Waals surface area contributed by atoms with Gasteiger partial charge in [-0.1, -0.05) is 57.9 Å². The largest absolute Gasteiger partial charge is 0.396 e. The fraction of sp³-hybridized carbons (Fsp3) is 0.300. The molecule has 1 heterocycles. The molecule has 3 aromatic rings. The van der Waals surface area contributed by atoms with Crippen LogP contribution in [0.2, 0.25) is 0 Å². The van der Waals surface area contributed by atoms with Crippen LogP contribution in [0.3, 0.4) is 0 Å². The number of aliphatic hydroxyl groups is 1. The molecule has 7 nitrogen and oxygen atoms in total. The zero-order chi connectivity index (χ0) is 26.9. The zero-order valence-corrected chi connectivity index (χ0v) is 23.1. The van der Waals surface area contributed by atoms with Gasteiger partial charge in [-0.05, 0) is 86.7 Å². The fourth-order valence-electron chi connectivity index (χ4n) is 4.62. The number of carbonyl (C=O) groups excluding carboxylic acids is 2. The monoisotopic (exact) mass is 576 g/mol. The van der Waals surface area contributed by atoms with Crippen molar-refractivity contribution in [1.82, 2.24) is 10.3 Å². The van der Waals surface area contributed by atoms with Crippen molar-refractivity contribution in [2.45, 2.75) is 32.7 Å². The van der Waals surface area contributed by atoms with Gasteiger partial charge in [0.25, 0.3) is 11.8 Å². The number of likely N-dealkylation sites (tertiary alicyclic amines) is 1. The van der Waals surface area contributed by atoms with Crippen molar-refractivity contribution >= 4 is 39.6 Å². The molecule has 0 saturated carbocycles. The maximum atomic E-state index is 13.0. The molecule has 8 heteroatoms. The summed E-state index contributed by atoms with van der Waals surface area (Å²) in [6.07, 6.45) is 4.70. The first-order chi connectivity index (χ1) is 18.4. The van der Waals surface area contributed by atoms with Crippen LogP contribution in [0.4, 0.5) is 5.69 Å². The normalized spacial score (nSPS) is 14.5. The number of hydrogen-bond acceptors (Lipinski definition) is 5. The summed E-state index contributed by atoms with van der Waals surface area (Å²) < 4.78 is 0.716. The molecule has 1 saturated heterocycles. The minimum atomic E-state index is -0.427. The SMILES string of the molecule is Cc1cccc(C=NNC(=O)c2cc(Br)ccc2NC(=O)c2ccc(CN3CCC(CCO)CC3)cc2)c1. The molecule has 1 aliphatic heterocycles. The molecule has 38 heavy (non-hydrogen) atoms. The van der Waals surface area contributed by atoms with Crippen molar-refractivity contribution in [2.75, 3.05) is 25.0 Å². The first-order valence-electron chi connectivity index (χ1n) is 12.8. The van der Waals surface area contributed by atoms with Crippen molar-refractivity contribution in [1.29, 1.82) is 0 Å². The Hall–Kier alpha value is -3.33. The maximum Gasteiger partial charge on any atom is 0.273 e. The number of piperidine rings is 1. The molecule has 0 radical (unpaired) electrons. The third-order valence-electron chi connectivity index (χ3n) is 6.76. The van der Waals surface area contributed by atoms with Gasteiger partial charge in [-0.2, -0.15) is 5.10 Å². The Bertz CT molecular complexity index is 1280. The van der Waals surface area contributed by atoms with Gasteiger partial charge in [0, 0.05) is 23.2 Å². The van der Waals surface area contributed by atoms with E-state index in [0.717, 1.165) is 55.6 Å². The molecule has 0 aromatic heterocycles. The Morgan fingerprint density at radius 3 is 2.53 bits per heavy atom. The van der Waals surface area contributed by atoms with Gasteiger partial charge in [-0.25, -0.2) is 5.43 Å². The summed E-state index contributed by atoms with van der Waals surface area (Å²) in [5.41, 5.74) is 6.89. The smallest absolute Gasteiger partial charge is 0.273 e. The Balaban J connectivity index is 1.36. The number of nitrogens with zero attached hydrogens (tertiary/aromatic N) is 2. The lowest BCUT2D eigenvalue weighted by Gasteiger charge is -2.31. The van der Waals surface area contributed by atoms with Crippen LogP contribution in [0.1, 0.15) is 56.7 Å². The second kappa shape index (κ2) is 13.5. The van der Waals surface area contributed by atoms with Crippen LogP contribution in [0, 0.1) is 12.8 Å². The molecule has 3 N–H and O–H groups in total. The first kappa shape index (κ1) is 27.7. The molecule has 1 fully saturated rings. The van der Waals surface area contributed by atoms with E-state index in [1.807, 2.05) is 55.5 Å². The van der Waals surface area contributed by atoms with Gasteiger partial charge < -0.3 is 10.4 Å². The number of hydrazone groups is 1. The van der Waals surface area contributed by atoms with Gasteiger partial charge in [0.05, 0.1) is 17.5 Å². The van der Waals surface area contributed by atoms with E-state index in [1.165, 1.54) is 0 Å². The molecule has 0 bridgehead atoms. The Morgan fingerprint density at radius 2 is 1.82 bits per heavy atom. The van der Waals surface area contributed by atoms with E-state index < -0.39 is 5.91 Å². The molecule has 4 rings (SSSR count). The highest BCUT2D eigenvalue weighted by molar-refractivity contribution is 9.10. The van der Waals surface area contributed by atoms with Crippen LogP contribution >= 0.6 is 15.9 Å². The van der Waals surface area contributed by atoms with E-state index in [2.05, 4.69) is 36.7 Å². The molecule has 0 atom stereocenters. The van der Waals surface area contributed by atoms with Crippen LogP contribution < -0.4 is 10.7 Å². The summed E-state index contributed by atoms with van der Waals surface area (Å²) in [7, 11) is 0. The zero-order valence-electron chi connectivity index (χ0n) is 21.5. The third kappa shape index (κ3) is 7.84. The average molecular weight is 578 g/mol. The van der Waals surface area contributed by atoms with Crippen LogP contribution in [0.5, 0.6) is 0 Å². The second-order valence-corrected chi connectivity index (χ2v) is 10.6. The number of rotatable bonds is 9. The van der Waals surface area contributed by atoms with Gasteiger partial charge >= 0.3 is 0 Å². The molecule has 2 amide bonds. The van der Waals surface area contributed by atoms with Gasteiger partial charge in [0.1, 0.15) is 0 Å². The Kier molecular flexibility index (Phi) is 9.81. The predicted molar refractivity (Wildman–Crippen MR) is 154 cm³/mol. The Labute approximate surface area is 232 Å². The minimum Gasteiger partial charge on any atom is -0.396 e. The second-order valence-electron chi connectivity index (χ2n) is 9.69. The minimum absolute atomic E-state index is 0.266. The quantitative estimate of drug-likeness (QED) is 0.236. The van der Waals surface area contributed by atoms with Crippen molar-refractivity contribution in [3.05, 3.63) is 99.0 Å². The summed E-state index contributed by atoms with van der Waals surface area (Å²) in [6, 6.07) is 20.5. The van der Waals surface area contributed by atoms with Crippen LogP contribution in [0.15, 0.2) is 76.3 Å². The molecule has 0 spiro atoms. The molecular formula is C30H33BrN4O3. The first-order valence-corrected chi connectivity index (χ1v) is 13.6.